The lowest BCUT2D eigenvalue weighted by molar-refractivity contribution is -0.153. The third-order valence-electron chi connectivity index (χ3n) is 6.16. The molecule has 0 radical (unpaired) electrons. The van der Waals surface area contributed by atoms with Crippen molar-refractivity contribution < 1.29 is 37.7 Å². The van der Waals surface area contributed by atoms with E-state index in [4.69, 9.17) is 18.9 Å². The predicted octanol–water partition coefficient (Wildman–Crippen LogP) is 4.82. The van der Waals surface area contributed by atoms with E-state index in [-0.39, 0.29) is 29.1 Å². The number of amides is 1. The Morgan fingerprint density at radius 2 is 1.79 bits per heavy atom. The number of ether oxygens (including phenoxy) is 4. The third kappa shape index (κ3) is 8.43. The van der Waals surface area contributed by atoms with Gasteiger partial charge in [0.2, 0.25) is 5.76 Å². The van der Waals surface area contributed by atoms with Gasteiger partial charge in [0.15, 0.2) is 11.5 Å². The zero-order valence-corrected chi connectivity index (χ0v) is 23.4. The highest BCUT2D eigenvalue weighted by Crippen LogP contribution is 2.39. The van der Waals surface area contributed by atoms with E-state index < -0.39 is 35.8 Å². The third-order valence-corrected chi connectivity index (χ3v) is 6.16. The first-order valence-electron chi connectivity index (χ1n) is 12.4. The summed E-state index contributed by atoms with van der Waals surface area (Å²) in [5.74, 6) is -2.60. The molecule has 0 heterocycles. The van der Waals surface area contributed by atoms with E-state index in [2.05, 4.69) is 17.0 Å². The Morgan fingerprint density at radius 3 is 2.26 bits per heavy atom. The average Bonchev–Trinajstić information content (AvgIpc) is 2.87. The van der Waals surface area contributed by atoms with Gasteiger partial charge in [-0.3, -0.25) is 14.6 Å². The number of carbonyl (C=O) groups excluding carboxylic acids is 3. The number of rotatable bonds is 14. The van der Waals surface area contributed by atoms with Crippen LogP contribution in [0, 0.1) is 11.7 Å². The minimum absolute atomic E-state index is 0.0860. The zero-order valence-electron chi connectivity index (χ0n) is 23.4. The molecule has 0 aliphatic rings. The first kappa shape index (κ1) is 32.3. The van der Waals surface area contributed by atoms with Crippen molar-refractivity contribution in [1.82, 2.24) is 5.32 Å². The Labute approximate surface area is 224 Å². The van der Waals surface area contributed by atoms with Crippen molar-refractivity contribution in [3.05, 3.63) is 52.9 Å². The lowest BCUT2D eigenvalue weighted by atomic mass is 9.79. The highest BCUT2D eigenvalue weighted by atomic mass is 19.1. The Morgan fingerprint density at radius 1 is 1.16 bits per heavy atom. The maximum atomic E-state index is 13.9. The molecule has 0 aliphatic heterocycles. The average molecular weight is 535 g/mol. The van der Waals surface area contributed by atoms with Crippen LogP contribution in [0.15, 0.2) is 46.5 Å². The summed E-state index contributed by atoms with van der Waals surface area (Å²) in [4.78, 5) is 41.3. The lowest BCUT2D eigenvalue weighted by Gasteiger charge is -2.32. The van der Waals surface area contributed by atoms with E-state index in [0.29, 0.717) is 5.75 Å². The van der Waals surface area contributed by atoms with Gasteiger partial charge in [0.1, 0.15) is 23.7 Å². The Bertz CT molecular complexity index is 1060. The number of carbonyl (C=O) groups is 3. The molecule has 1 aromatic rings. The zero-order chi connectivity index (χ0) is 29.0. The largest absolute Gasteiger partial charge is 0.496 e. The summed E-state index contributed by atoms with van der Waals surface area (Å²) in [5.41, 5.74) is 0.388. The number of methoxy groups -OCH3 is 2. The molecule has 0 aromatic heterocycles. The van der Waals surface area contributed by atoms with Gasteiger partial charge >= 0.3 is 11.9 Å². The molecule has 0 unspecified atom stereocenters. The van der Waals surface area contributed by atoms with Crippen LogP contribution in [0.25, 0.3) is 0 Å². The number of nitrogens with one attached hydrogen (secondary N) is 1. The van der Waals surface area contributed by atoms with E-state index >= 15 is 0 Å². The van der Waals surface area contributed by atoms with Crippen molar-refractivity contribution in [2.24, 2.45) is 10.9 Å². The molecule has 10 heteroatoms. The van der Waals surface area contributed by atoms with Crippen LogP contribution in [0.5, 0.6) is 5.75 Å². The van der Waals surface area contributed by atoms with Gasteiger partial charge in [-0.1, -0.05) is 32.8 Å². The van der Waals surface area contributed by atoms with Crippen LogP contribution in [0.3, 0.4) is 0 Å². The van der Waals surface area contributed by atoms with Crippen molar-refractivity contribution in [3.8, 4) is 5.75 Å². The molecule has 0 saturated carbocycles. The van der Waals surface area contributed by atoms with Crippen molar-refractivity contribution in [3.63, 3.8) is 0 Å². The lowest BCUT2D eigenvalue weighted by Crippen LogP contribution is -2.42. The molecule has 0 bridgehead atoms. The quantitative estimate of drug-likeness (QED) is 0.120. The summed E-state index contributed by atoms with van der Waals surface area (Å²) < 4.78 is 35.4. The second-order valence-corrected chi connectivity index (χ2v) is 8.61. The smallest absolute Gasteiger partial charge is 0.328 e. The molecule has 210 valence electrons. The number of halogens is 1. The number of nitrogens with zero attached hydrogens (tertiary/aromatic N) is 1. The van der Waals surface area contributed by atoms with Crippen LogP contribution in [-0.2, 0) is 28.6 Å². The van der Waals surface area contributed by atoms with E-state index in [9.17, 15) is 18.8 Å². The number of benzene rings is 1. The molecule has 9 nitrogen and oxygen atoms in total. The minimum Gasteiger partial charge on any atom is -0.496 e. The molecule has 0 spiro atoms. The number of esters is 2. The van der Waals surface area contributed by atoms with Crippen LogP contribution in [-0.4, -0.2) is 50.9 Å². The predicted molar refractivity (Wildman–Crippen MR) is 142 cm³/mol. The van der Waals surface area contributed by atoms with Crippen molar-refractivity contribution in [2.75, 3.05) is 14.2 Å². The van der Waals surface area contributed by atoms with Crippen LogP contribution >= 0.6 is 0 Å². The maximum Gasteiger partial charge on any atom is 0.328 e. The standard InChI is InChI=1S/C28H39FN2O7/c1-10-19(11-2)24(21-14-13-20(29)15-23(21)36-9)17(5)37-28(34)16(4)31-27(33)25(30-7)26(38-18(6)32)22(12-3)35-8/h12-17,19,24H,7,10-11H2,1-6,8-9H3,(H,31,33)/b22-12+,26-25+/t16-,17-,24+/m0/s1. The fraction of sp³-hybridized carbons (Fsp3) is 0.500. The first-order valence-corrected chi connectivity index (χ1v) is 12.4. The Balaban J connectivity index is 3.24. The van der Waals surface area contributed by atoms with Crippen molar-refractivity contribution in [2.45, 2.75) is 72.4 Å². The fourth-order valence-corrected chi connectivity index (χ4v) is 4.28. The number of hydrogen-bond acceptors (Lipinski definition) is 8. The number of aliphatic imine (C=N–C) groups is 1. The second kappa shape index (κ2) is 15.5. The van der Waals surface area contributed by atoms with Gasteiger partial charge in [-0.2, -0.15) is 0 Å². The molecule has 0 aliphatic carbocycles. The van der Waals surface area contributed by atoms with Crippen molar-refractivity contribution in [1.29, 1.82) is 0 Å². The molecule has 3 atom stereocenters. The molecule has 1 rings (SSSR count). The molecule has 38 heavy (non-hydrogen) atoms. The van der Waals surface area contributed by atoms with Crippen LogP contribution < -0.4 is 10.1 Å². The maximum absolute atomic E-state index is 13.9. The first-order chi connectivity index (χ1) is 18.0. The highest BCUT2D eigenvalue weighted by Gasteiger charge is 2.33. The van der Waals surface area contributed by atoms with Crippen LogP contribution in [0.4, 0.5) is 4.39 Å². The summed E-state index contributed by atoms with van der Waals surface area (Å²) in [6.45, 7) is 13.4. The fourth-order valence-electron chi connectivity index (χ4n) is 4.28. The monoisotopic (exact) mass is 534 g/mol. The summed E-state index contributed by atoms with van der Waals surface area (Å²) in [6, 6.07) is 3.21. The summed E-state index contributed by atoms with van der Waals surface area (Å²) in [6.07, 6.45) is 2.44. The number of hydrogen-bond donors (Lipinski definition) is 1. The van der Waals surface area contributed by atoms with E-state index in [0.717, 1.165) is 25.3 Å². The Hall–Kier alpha value is -3.69. The van der Waals surface area contributed by atoms with Gasteiger partial charge in [0.05, 0.1) is 14.2 Å². The molecule has 1 aromatic carbocycles. The molecule has 0 fully saturated rings. The normalized spacial score (nSPS) is 14.5. The molecule has 1 N–H and O–H groups in total. The van der Waals surface area contributed by atoms with Gasteiger partial charge in [-0.05, 0) is 45.5 Å². The Kier molecular flexibility index (Phi) is 13.2. The SMILES string of the molecule is C=N/C(C(=O)N[C@@H](C)C(=O)O[C@@H](C)[C@@H](c1ccc(F)cc1OC)C(CC)CC)=C(OC(C)=O)\C(=C/C)OC. The highest BCUT2D eigenvalue weighted by molar-refractivity contribution is 5.97. The van der Waals surface area contributed by atoms with Gasteiger partial charge in [0, 0.05) is 24.5 Å². The number of allylic oxidation sites excluding steroid dienone is 1. The van der Waals surface area contributed by atoms with Crippen LogP contribution in [0.2, 0.25) is 0 Å². The van der Waals surface area contributed by atoms with E-state index in [1.807, 2.05) is 13.8 Å². The topological polar surface area (TPSA) is 113 Å². The molecular weight excluding hydrogens is 495 g/mol. The van der Waals surface area contributed by atoms with Gasteiger partial charge in [-0.15, -0.1) is 0 Å². The summed E-state index contributed by atoms with van der Waals surface area (Å²) in [5, 5.41) is 2.51. The molecule has 1 amide bonds. The van der Waals surface area contributed by atoms with Gasteiger partial charge in [-0.25, -0.2) is 9.18 Å². The van der Waals surface area contributed by atoms with E-state index in [1.54, 1.807) is 19.9 Å². The molecule has 0 saturated heterocycles. The summed E-state index contributed by atoms with van der Waals surface area (Å²) >= 11 is 0. The van der Waals surface area contributed by atoms with Gasteiger partial charge in [0.25, 0.3) is 5.91 Å². The molecular formula is C28H39FN2O7. The van der Waals surface area contributed by atoms with Crippen molar-refractivity contribution >= 4 is 24.6 Å². The van der Waals surface area contributed by atoms with Crippen LogP contribution in [0.1, 0.15) is 65.9 Å². The van der Waals surface area contributed by atoms with Gasteiger partial charge < -0.3 is 24.3 Å². The van der Waals surface area contributed by atoms with E-state index in [1.165, 1.54) is 39.4 Å². The second-order valence-electron chi connectivity index (χ2n) is 8.61. The summed E-state index contributed by atoms with van der Waals surface area (Å²) in [7, 11) is 2.80. The minimum atomic E-state index is -1.09.